The van der Waals surface area contributed by atoms with Crippen molar-refractivity contribution < 1.29 is 4.79 Å². The van der Waals surface area contributed by atoms with Gasteiger partial charge in [0.05, 0.1) is 4.88 Å². The number of aryl methyl sites for hydroxylation is 2. The Morgan fingerprint density at radius 2 is 1.95 bits per heavy atom. The number of anilines is 1. The van der Waals surface area contributed by atoms with Gasteiger partial charge in [0, 0.05) is 10.8 Å². The molecule has 0 aromatic carbocycles. The SMILES string of the molecule is CCc1sc(C(=O)Nc2nnc(C(CC)CC)s2)cc1C. The van der Waals surface area contributed by atoms with Gasteiger partial charge in [0.1, 0.15) is 5.01 Å². The van der Waals surface area contributed by atoms with Crippen molar-refractivity contribution in [2.45, 2.75) is 52.9 Å². The predicted molar refractivity (Wildman–Crippen MR) is 89.6 cm³/mol. The maximum atomic E-state index is 12.3. The molecular formula is C15H21N3OS2. The quantitative estimate of drug-likeness (QED) is 0.843. The van der Waals surface area contributed by atoms with Gasteiger partial charge in [-0.2, -0.15) is 0 Å². The van der Waals surface area contributed by atoms with Gasteiger partial charge < -0.3 is 0 Å². The third kappa shape index (κ3) is 3.68. The molecule has 0 aliphatic carbocycles. The Bertz CT molecular complexity index is 614. The molecule has 0 aliphatic heterocycles. The van der Waals surface area contributed by atoms with E-state index in [0.717, 1.165) is 29.1 Å². The number of nitrogens with zero attached hydrogens (tertiary/aromatic N) is 2. The first-order valence-corrected chi connectivity index (χ1v) is 8.96. The van der Waals surface area contributed by atoms with Crippen LogP contribution in [0.15, 0.2) is 6.07 Å². The number of rotatable bonds is 6. The third-order valence-electron chi connectivity index (χ3n) is 3.56. The van der Waals surface area contributed by atoms with Crippen molar-refractivity contribution in [3.05, 3.63) is 26.4 Å². The van der Waals surface area contributed by atoms with Gasteiger partial charge in [-0.15, -0.1) is 21.5 Å². The van der Waals surface area contributed by atoms with Crippen LogP contribution in [-0.2, 0) is 6.42 Å². The second-order valence-electron chi connectivity index (χ2n) is 4.98. The summed E-state index contributed by atoms with van der Waals surface area (Å²) in [6, 6.07) is 1.95. The molecular weight excluding hydrogens is 302 g/mol. The molecule has 0 fully saturated rings. The van der Waals surface area contributed by atoms with Crippen LogP contribution in [0.1, 0.15) is 64.7 Å². The van der Waals surface area contributed by atoms with Crippen molar-refractivity contribution >= 4 is 33.7 Å². The van der Waals surface area contributed by atoms with Gasteiger partial charge in [0.15, 0.2) is 0 Å². The maximum Gasteiger partial charge on any atom is 0.267 e. The number of hydrogen-bond donors (Lipinski definition) is 1. The minimum atomic E-state index is -0.0879. The summed E-state index contributed by atoms with van der Waals surface area (Å²) in [5.41, 5.74) is 1.18. The average Bonchev–Trinajstić information content (AvgIpc) is 3.07. The van der Waals surface area contributed by atoms with Gasteiger partial charge in [-0.3, -0.25) is 10.1 Å². The van der Waals surface area contributed by atoms with E-state index in [1.54, 1.807) is 11.3 Å². The average molecular weight is 323 g/mol. The summed E-state index contributed by atoms with van der Waals surface area (Å²) in [5.74, 6) is 0.346. The molecule has 0 unspecified atom stereocenters. The maximum absolute atomic E-state index is 12.3. The normalized spacial score (nSPS) is 11.1. The van der Waals surface area contributed by atoms with E-state index in [-0.39, 0.29) is 5.91 Å². The zero-order chi connectivity index (χ0) is 15.4. The van der Waals surface area contributed by atoms with Crippen LogP contribution in [-0.4, -0.2) is 16.1 Å². The molecule has 21 heavy (non-hydrogen) atoms. The lowest BCUT2D eigenvalue weighted by Crippen LogP contribution is -2.09. The van der Waals surface area contributed by atoms with E-state index in [1.165, 1.54) is 21.8 Å². The summed E-state index contributed by atoms with van der Waals surface area (Å²) < 4.78 is 0. The Labute approximate surface area is 133 Å². The first-order valence-electron chi connectivity index (χ1n) is 7.33. The fourth-order valence-electron chi connectivity index (χ4n) is 2.23. The standard InChI is InChI=1S/C15H21N3OS2/c1-5-10(6-2)14-17-18-15(21-14)16-13(19)12-8-9(4)11(7-3)20-12/h8,10H,5-7H2,1-4H3,(H,16,18,19). The number of nitrogens with one attached hydrogen (secondary N) is 1. The van der Waals surface area contributed by atoms with Crippen LogP contribution >= 0.6 is 22.7 Å². The zero-order valence-electron chi connectivity index (χ0n) is 12.9. The minimum absolute atomic E-state index is 0.0879. The Hall–Kier alpha value is -1.27. The summed E-state index contributed by atoms with van der Waals surface area (Å²) >= 11 is 3.03. The van der Waals surface area contributed by atoms with Crippen LogP contribution in [0.4, 0.5) is 5.13 Å². The number of hydrogen-bond acceptors (Lipinski definition) is 5. The third-order valence-corrected chi connectivity index (χ3v) is 5.94. The highest BCUT2D eigenvalue weighted by Gasteiger charge is 2.16. The number of aromatic nitrogens is 2. The fraction of sp³-hybridized carbons (Fsp3) is 0.533. The van der Waals surface area contributed by atoms with E-state index in [2.05, 4.69) is 36.3 Å². The van der Waals surface area contributed by atoms with Crippen LogP contribution in [0, 0.1) is 6.92 Å². The first kappa shape index (κ1) is 16.1. The summed E-state index contributed by atoms with van der Waals surface area (Å²) in [6.45, 7) is 8.44. The molecule has 0 radical (unpaired) electrons. The lowest BCUT2D eigenvalue weighted by Gasteiger charge is -2.05. The summed E-state index contributed by atoms with van der Waals surface area (Å²) in [4.78, 5) is 14.3. The number of amides is 1. The van der Waals surface area contributed by atoms with Crippen molar-refractivity contribution in [2.75, 3.05) is 5.32 Å². The molecule has 1 amide bonds. The van der Waals surface area contributed by atoms with E-state index in [4.69, 9.17) is 0 Å². The molecule has 0 saturated heterocycles. The van der Waals surface area contributed by atoms with Gasteiger partial charge in [0.25, 0.3) is 5.91 Å². The Morgan fingerprint density at radius 3 is 2.52 bits per heavy atom. The number of carbonyl (C=O) groups excluding carboxylic acids is 1. The highest BCUT2D eigenvalue weighted by molar-refractivity contribution is 7.16. The van der Waals surface area contributed by atoms with Crippen LogP contribution in [0.3, 0.4) is 0 Å². The van der Waals surface area contributed by atoms with Crippen molar-refractivity contribution in [1.29, 1.82) is 0 Å². The molecule has 4 nitrogen and oxygen atoms in total. The molecule has 0 atom stereocenters. The highest BCUT2D eigenvalue weighted by Crippen LogP contribution is 2.29. The first-order chi connectivity index (χ1) is 10.1. The van der Waals surface area contributed by atoms with Crippen molar-refractivity contribution in [2.24, 2.45) is 0 Å². The smallest absolute Gasteiger partial charge is 0.267 e. The topological polar surface area (TPSA) is 54.9 Å². The van der Waals surface area contributed by atoms with Crippen molar-refractivity contribution in [3.63, 3.8) is 0 Å². The lowest BCUT2D eigenvalue weighted by molar-refractivity contribution is 0.103. The molecule has 0 spiro atoms. The highest BCUT2D eigenvalue weighted by atomic mass is 32.1. The van der Waals surface area contributed by atoms with Gasteiger partial charge >= 0.3 is 0 Å². The fourth-order valence-corrected chi connectivity index (χ4v) is 4.24. The van der Waals surface area contributed by atoms with Crippen molar-refractivity contribution in [3.8, 4) is 0 Å². The zero-order valence-corrected chi connectivity index (χ0v) is 14.5. The van der Waals surface area contributed by atoms with E-state index < -0.39 is 0 Å². The number of thiophene rings is 1. The molecule has 6 heteroatoms. The molecule has 2 aromatic rings. The van der Waals surface area contributed by atoms with E-state index >= 15 is 0 Å². The van der Waals surface area contributed by atoms with E-state index in [0.29, 0.717) is 11.0 Å². The Kier molecular flexibility index (Phi) is 5.47. The van der Waals surface area contributed by atoms with Gasteiger partial charge in [-0.1, -0.05) is 32.1 Å². The van der Waals surface area contributed by atoms with Crippen LogP contribution in [0.2, 0.25) is 0 Å². The molecule has 114 valence electrons. The van der Waals surface area contributed by atoms with E-state index in [1.807, 2.05) is 13.0 Å². The predicted octanol–water partition coefficient (Wildman–Crippen LogP) is 4.63. The molecule has 0 bridgehead atoms. The van der Waals surface area contributed by atoms with Gasteiger partial charge in [-0.25, -0.2) is 0 Å². The molecule has 0 saturated carbocycles. The second-order valence-corrected chi connectivity index (χ2v) is 7.13. The minimum Gasteiger partial charge on any atom is -0.296 e. The Balaban J connectivity index is 2.09. The van der Waals surface area contributed by atoms with Crippen LogP contribution < -0.4 is 5.32 Å². The van der Waals surface area contributed by atoms with Gasteiger partial charge in [-0.05, 0) is 37.8 Å². The van der Waals surface area contributed by atoms with Crippen molar-refractivity contribution in [1.82, 2.24) is 10.2 Å². The molecule has 2 aromatic heterocycles. The van der Waals surface area contributed by atoms with Crippen LogP contribution in [0.5, 0.6) is 0 Å². The molecule has 2 rings (SSSR count). The molecule has 2 heterocycles. The van der Waals surface area contributed by atoms with E-state index in [9.17, 15) is 4.79 Å². The monoisotopic (exact) mass is 323 g/mol. The molecule has 1 N–H and O–H groups in total. The summed E-state index contributed by atoms with van der Waals surface area (Å²) in [7, 11) is 0. The molecule has 0 aliphatic rings. The summed E-state index contributed by atoms with van der Waals surface area (Å²) in [6.07, 6.45) is 3.05. The Morgan fingerprint density at radius 1 is 1.24 bits per heavy atom. The second kappa shape index (κ2) is 7.13. The lowest BCUT2D eigenvalue weighted by atomic mass is 10.1. The van der Waals surface area contributed by atoms with Gasteiger partial charge in [0.2, 0.25) is 5.13 Å². The number of carbonyl (C=O) groups is 1. The summed E-state index contributed by atoms with van der Waals surface area (Å²) in [5, 5.41) is 12.7. The van der Waals surface area contributed by atoms with Crippen LogP contribution in [0.25, 0.3) is 0 Å². The largest absolute Gasteiger partial charge is 0.296 e.